The molecule has 1 aliphatic rings. The summed E-state index contributed by atoms with van der Waals surface area (Å²) in [5.41, 5.74) is 1.24. The minimum Gasteiger partial charge on any atom is -0.357 e. The van der Waals surface area contributed by atoms with Crippen molar-refractivity contribution in [1.29, 1.82) is 0 Å². The molecule has 152 valence electrons. The Kier molecular flexibility index (Phi) is 5.76. The van der Waals surface area contributed by atoms with Crippen molar-refractivity contribution in [3.8, 4) is 0 Å². The van der Waals surface area contributed by atoms with Gasteiger partial charge >= 0.3 is 0 Å². The number of hydrogen-bond acceptors (Lipinski definition) is 4. The third-order valence-corrected chi connectivity index (χ3v) is 5.61. The lowest BCUT2D eigenvalue weighted by Crippen LogP contribution is -2.40. The molecule has 29 heavy (non-hydrogen) atoms. The lowest BCUT2D eigenvalue weighted by atomic mass is 9.85. The maximum atomic E-state index is 12.3. The predicted molar refractivity (Wildman–Crippen MR) is 113 cm³/mol. The highest BCUT2D eigenvalue weighted by molar-refractivity contribution is 5.92. The minimum absolute atomic E-state index is 0.0352. The van der Waals surface area contributed by atoms with Crippen molar-refractivity contribution in [3.05, 3.63) is 64.5 Å². The van der Waals surface area contributed by atoms with Crippen molar-refractivity contribution in [2.75, 3.05) is 13.6 Å². The average Bonchev–Trinajstić information content (AvgIpc) is 3.23. The zero-order valence-corrected chi connectivity index (χ0v) is 16.6. The van der Waals surface area contributed by atoms with Gasteiger partial charge < -0.3 is 15.3 Å². The Balaban J connectivity index is 1.34. The summed E-state index contributed by atoms with van der Waals surface area (Å²) >= 11 is 0. The summed E-state index contributed by atoms with van der Waals surface area (Å²) in [6.07, 6.45) is 6.02. The summed E-state index contributed by atoms with van der Waals surface area (Å²) < 4.78 is 0. The highest BCUT2D eigenvalue weighted by Gasteiger charge is 2.25. The molecule has 3 aromatic rings. The number of benzene rings is 1. The Labute approximate surface area is 169 Å². The monoisotopic (exact) mass is 393 g/mol. The average molecular weight is 393 g/mol. The number of carbonyl (C=O) groups excluding carboxylic acids is 1. The highest BCUT2D eigenvalue weighted by Crippen LogP contribution is 2.25. The lowest BCUT2D eigenvalue weighted by molar-refractivity contribution is 0.0909. The fourth-order valence-electron chi connectivity index (χ4n) is 4.29. The van der Waals surface area contributed by atoms with E-state index in [-0.39, 0.29) is 17.5 Å². The zero-order valence-electron chi connectivity index (χ0n) is 16.6. The molecule has 4 rings (SSSR count). The van der Waals surface area contributed by atoms with E-state index in [1.165, 1.54) is 0 Å². The molecule has 0 bridgehead atoms. The molecule has 1 fully saturated rings. The van der Waals surface area contributed by atoms with Crippen molar-refractivity contribution >= 4 is 16.8 Å². The first-order chi connectivity index (χ1) is 14.1. The van der Waals surface area contributed by atoms with E-state index < -0.39 is 0 Å². The largest absolute Gasteiger partial charge is 0.357 e. The van der Waals surface area contributed by atoms with E-state index in [1.54, 1.807) is 18.3 Å². The molecule has 2 atom stereocenters. The highest BCUT2D eigenvalue weighted by atomic mass is 16.2. The van der Waals surface area contributed by atoms with Crippen LogP contribution in [-0.4, -0.2) is 45.4 Å². The van der Waals surface area contributed by atoms with Gasteiger partial charge in [0.25, 0.3) is 11.5 Å². The van der Waals surface area contributed by atoms with Crippen molar-refractivity contribution in [2.24, 2.45) is 5.92 Å². The van der Waals surface area contributed by atoms with Crippen LogP contribution in [0.5, 0.6) is 0 Å². The van der Waals surface area contributed by atoms with Gasteiger partial charge in [0.1, 0.15) is 11.5 Å². The third-order valence-electron chi connectivity index (χ3n) is 5.61. The van der Waals surface area contributed by atoms with E-state index >= 15 is 0 Å². The smallest absolute Gasteiger partial charge is 0.267 e. The van der Waals surface area contributed by atoms with Crippen LogP contribution >= 0.6 is 0 Å². The van der Waals surface area contributed by atoms with Crippen LogP contribution in [0.4, 0.5) is 0 Å². The summed E-state index contributed by atoms with van der Waals surface area (Å²) in [5, 5.41) is 3.77. The van der Waals surface area contributed by atoms with Crippen LogP contribution in [0.15, 0.2) is 47.4 Å². The number of hydrogen-bond donors (Lipinski definition) is 3. The van der Waals surface area contributed by atoms with Gasteiger partial charge in [0.05, 0.1) is 17.4 Å². The molecule has 0 aliphatic heterocycles. The van der Waals surface area contributed by atoms with Gasteiger partial charge in [-0.15, -0.1) is 0 Å². The first-order valence-electron chi connectivity index (χ1n) is 10.2. The Hall–Kier alpha value is -2.93. The Morgan fingerprint density at radius 2 is 2.10 bits per heavy atom. The minimum atomic E-state index is -0.0937. The number of H-pyrrole nitrogens is 2. The Bertz CT molecular complexity index is 1030. The van der Waals surface area contributed by atoms with E-state index in [0.29, 0.717) is 29.4 Å². The molecule has 1 saturated carbocycles. The fraction of sp³-hybridized carbons (Fsp3) is 0.409. The molecule has 7 heteroatoms. The number of para-hydroxylation sites is 1. The quantitative estimate of drug-likeness (QED) is 0.600. The van der Waals surface area contributed by atoms with Crippen LogP contribution in [-0.2, 0) is 6.54 Å². The predicted octanol–water partition coefficient (Wildman–Crippen LogP) is 2.67. The summed E-state index contributed by atoms with van der Waals surface area (Å²) in [6, 6.07) is 11.2. The molecule has 0 spiro atoms. The van der Waals surface area contributed by atoms with Crippen LogP contribution in [0.2, 0.25) is 0 Å². The van der Waals surface area contributed by atoms with Gasteiger partial charge in [-0.1, -0.05) is 18.6 Å². The summed E-state index contributed by atoms with van der Waals surface area (Å²) in [4.78, 5) is 37.2. The first kappa shape index (κ1) is 19.4. The number of amides is 1. The molecule has 2 aromatic heterocycles. The topological polar surface area (TPSA) is 93.9 Å². The molecule has 0 unspecified atom stereocenters. The van der Waals surface area contributed by atoms with Gasteiger partial charge in [-0.3, -0.25) is 14.5 Å². The van der Waals surface area contributed by atoms with E-state index in [4.69, 9.17) is 0 Å². The van der Waals surface area contributed by atoms with Crippen LogP contribution in [0.25, 0.3) is 10.9 Å². The van der Waals surface area contributed by atoms with Gasteiger partial charge in [0.2, 0.25) is 0 Å². The van der Waals surface area contributed by atoms with Gasteiger partial charge in [0, 0.05) is 18.8 Å². The Morgan fingerprint density at radius 1 is 1.24 bits per heavy atom. The molecule has 0 radical (unpaired) electrons. The van der Waals surface area contributed by atoms with Crippen LogP contribution < -0.4 is 10.9 Å². The standard InChI is InChI=1S/C22H27N5O2/c1-27(14-20-25-18-9-3-2-8-17(18)21(28)26-20)13-15-6-4-7-16(12-15)24-22(29)19-10-5-11-23-19/h2-3,5,8-11,15-16,23H,4,6-7,12-14H2,1H3,(H,24,29)(H,25,26,28)/t15-,16-/m1/s1. The van der Waals surface area contributed by atoms with E-state index in [0.717, 1.165) is 37.7 Å². The maximum Gasteiger partial charge on any atom is 0.267 e. The molecular formula is C22H27N5O2. The molecule has 0 saturated heterocycles. The number of aromatic amines is 2. The van der Waals surface area contributed by atoms with Crippen molar-refractivity contribution in [3.63, 3.8) is 0 Å². The zero-order chi connectivity index (χ0) is 20.2. The summed E-state index contributed by atoms with van der Waals surface area (Å²) in [7, 11) is 2.05. The van der Waals surface area contributed by atoms with E-state index in [1.807, 2.05) is 24.3 Å². The van der Waals surface area contributed by atoms with Crippen LogP contribution in [0, 0.1) is 5.92 Å². The van der Waals surface area contributed by atoms with Crippen LogP contribution in [0.3, 0.4) is 0 Å². The molecular weight excluding hydrogens is 366 g/mol. The molecule has 1 aliphatic carbocycles. The normalized spacial score (nSPS) is 19.5. The van der Waals surface area contributed by atoms with Crippen molar-refractivity contribution < 1.29 is 4.79 Å². The summed E-state index contributed by atoms with van der Waals surface area (Å²) in [5.74, 6) is 1.16. The molecule has 7 nitrogen and oxygen atoms in total. The van der Waals surface area contributed by atoms with Crippen LogP contribution in [0.1, 0.15) is 42.0 Å². The van der Waals surface area contributed by atoms with Gasteiger partial charge in [-0.25, -0.2) is 4.98 Å². The van der Waals surface area contributed by atoms with Crippen molar-refractivity contribution in [1.82, 2.24) is 25.2 Å². The molecule has 3 N–H and O–H groups in total. The van der Waals surface area contributed by atoms with E-state index in [2.05, 4.69) is 32.2 Å². The fourth-order valence-corrected chi connectivity index (χ4v) is 4.29. The summed E-state index contributed by atoms with van der Waals surface area (Å²) in [6.45, 7) is 1.50. The number of nitrogens with one attached hydrogen (secondary N) is 3. The SMILES string of the molecule is CN(Cc1nc2ccccc2c(=O)[nH]1)C[C@@H]1CCC[C@@H](NC(=O)c2ccc[nH]2)C1. The number of rotatable bonds is 6. The molecule has 1 amide bonds. The number of aromatic nitrogens is 3. The van der Waals surface area contributed by atoms with E-state index in [9.17, 15) is 9.59 Å². The van der Waals surface area contributed by atoms with Gasteiger partial charge in [-0.05, 0) is 56.5 Å². The number of fused-ring (bicyclic) bond motifs is 1. The molecule has 2 heterocycles. The second kappa shape index (κ2) is 8.61. The first-order valence-corrected chi connectivity index (χ1v) is 10.2. The Morgan fingerprint density at radius 3 is 2.93 bits per heavy atom. The van der Waals surface area contributed by atoms with Gasteiger partial charge in [0.15, 0.2) is 0 Å². The molecule has 1 aromatic carbocycles. The number of nitrogens with zero attached hydrogens (tertiary/aromatic N) is 2. The maximum absolute atomic E-state index is 12.3. The second-order valence-electron chi connectivity index (χ2n) is 8.01. The number of carbonyl (C=O) groups is 1. The lowest BCUT2D eigenvalue weighted by Gasteiger charge is -2.32. The van der Waals surface area contributed by atoms with Crippen molar-refractivity contribution in [2.45, 2.75) is 38.3 Å². The second-order valence-corrected chi connectivity index (χ2v) is 8.01. The third kappa shape index (κ3) is 4.74. The van der Waals surface area contributed by atoms with Gasteiger partial charge in [-0.2, -0.15) is 0 Å².